The molecule has 1 atom stereocenters. The summed E-state index contributed by atoms with van der Waals surface area (Å²) in [4.78, 5) is 34.9. The Hall–Kier alpha value is -4.08. The minimum Gasteiger partial charge on any atom is -0.449 e. The molecule has 0 spiro atoms. The van der Waals surface area contributed by atoms with E-state index in [-0.39, 0.29) is 11.7 Å². The topological polar surface area (TPSA) is 130 Å². The van der Waals surface area contributed by atoms with Crippen molar-refractivity contribution in [2.45, 2.75) is 45.2 Å². The number of hydrogen-bond acceptors (Lipinski definition) is 6. The van der Waals surface area contributed by atoms with Crippen LogP contribution in [0.2, 0.25) is 0 Å². The first-order valence-electron chi connectivity index (χ1n) is 13.0. The number of nitrogen functional groups attached to an aromatic ring is 1. The fourth-order valence-electron chi connectivity index (χ4n) is 4.82. The van der Waals surface area contributed by atoms with Gasteiger partial charge < -0.3 is 25.3 Å². The number of hydrogen-bond donors (Lipinski definition) is 3. The molecule has 2 heterocycles. The Morgan fingerprint density at radius 3 is 2.50 bits per heavy atom. The average Bonchev–Trinajstić information content (AvgIpc) is 3.57. The summed E-state index contributed by atoms with van der Waals surface area (Å²) in [5.41, 5.74) is 8.21. The fourth-order valence-corrected chi connectivity index (χ4v) is 4.82. The summed E-state index contributed by atoms with van der Waals surface area (Å²) in [7, 11) is 3.58. The molecule has 0 bridgehead atoms. The second kappa shape index (κ2) is 11.1. The van der Waals surface area contributed by atoms with E-state index in [0.717, 1.165) is 35.4 Å². The zero-order valence-electron chi connectivity index (χ0n) is 22.6. The number of likely N-dealkylation sites (tertiary alicyclic amines) is 1. The van der Waals surface area contributed by atoms with Crippen molar-refractivity contribution in [3.05, 3.63) is 59.4 Å². The molecular weight excluding hydrogens is 482 g/mol. The van der Waals surface area contributed by atoms with Gasteiger partial charge in [0, 0.05) is 38.4 Å². The van der Waals surface area contributed by atoms with Crippen molar-refractivity contribution < 1.29 is 14.3 Å². The smallest absolute Gasteiger partial charge is 0.410 e. The molecule has 1 aromatic heterocycles. The van der Waals surface area contributed by atoms with Crippen LogP contribution in [0.1, 0.15) is 50.1 Å². The predicted octanol–water partition coefficient (Wildman–Crippen LogP) is 3.79. The summed E-state index contributed by atoms with van der Waals surface area (Å²) in [6, 6.07) is 13.1. The number of amidine groups is 1. The number of aromatic nitrogens is 2. The van der Waals surface area contributed by atoms with Gasteiger partial charge in [0.05, 0.1) is 24.2 Å². The summed E-state index contributed by atoms with van der Waals surface area (Å²) in [5, 5.41) is 10.9. The van der Waals surface area contributed by atoms with Gasteiger partial charge in [0.2, 0.25) is 0 Å². The highest BCUT2D eigenvalue weighted by atomic mass is 16.6. The van der Waals surface area contributed by atoms with E-state index in [1.165, 1.54) is 4.90 Å². The molecular formula is C28H37N7O3. The number of aryl methyl sites for hydroxylation is 1. The number of benzene rings is 2. The van der Waals surface area contributed by atoms with Crippen molar-refractivity contribution in [1.29, 1.82) is 5.41 Å². The van der Waals surface area contributed by atoms with Crippen molar-refractivity contribution in [3.8, 4) is 0 Å². The van der Waals surface area contributed by atoms with Crippen LogP contribution in [-0.4, -0.2) is 63.9 Å². The first-order chi connectivity index (χ1) is 18.2. The maximum absolute atomic E-state index is 13.8. The molecule has 10 nitrogen and oxygen atoms in total. The molecule has 38 heavy (non-hydrogen) atoms. The van der Waals surface area contributed by atoms with Gasteiger partial charge in [-0.2, -0.15) is 0 Å². The van der Waals surface area contributed by atoms with E-state index in [4.69, 9.17) is 20.9 Å². The number of ether oxygens (including phenoxy) is 1. The molecule has 4 rings (SSSR count). The molecule has 3 aromatic rings. The third-order valence-electron chi connectivity index (χ3n) is 7.37. The van der Waals surface area contributed by atoms with Crippen molar-refractivity contribution >= 4 is 34.6 Å². The highest BCUT2D eigenvalue weighted by molar-refractivity contribution is 5.95. The van der Waals surface area contributed by atoms with E-state index < -0.39 is 11.6 Å². The van der Waals surface area contributed by atoms with Crippen molar-refractivity contribution in [2.75, 3.05) is 32.1 Å². The number of likely N-dealkylation sites (N-methyl/N-ethyl adjacent to an activating group) is 1. The molecule has 202 valence electrons. The highest BCUT2D eigenvalue weighted by Crippen LogP contribution is 2.34. The lowest BCUT2D eigenvalue weighted by Gasteiger charge is -2.39. The summed E-state index contributed by atoms with van der Waals surface area (Å²) in [6.07, 6.45) is 2.09. The lowest BCUT2D eigenvalue weighted by atomic mass is 9.88. The standard InChI is InChI=1S/C28H37N7O3/c1-5-16-38-27(37)34(4)28(2,26(36)35-14-6-7-15-35)20-10-13-23-22(17-20)32-24(33(23)3)18-31-21-11-8-19(9-12-21)25(29)30/h8-13,17,31H,5-7,14-16,18H2,1-4H3,(H3,29,30)/t28-/m1/s1. The lowest BCUT2D eigenvalue weighted by molar-refractivity contribution is -0.141. The monoisotopic (exact) mass is 519 g/mol. The molecule has 10 heteroatoms. The summed E-state index contributed by atoms with van der Waals surface area (Å²) >= 11 is 0. The Kier molecular flexibility index (Phi) is 7.89. The number of nitrogens with two attached hydrogens (primary N) is 1. The van der Waals surface area contributed by atoms with E-state index in [2.05, 4.69) is 5.32 Å². The van der Waals surface area contributed by atoms with Crippen LogP contribution in [0.4, 0.5) is 10.5 Å². The van der Waals surface area contributed by atoms with Gasteiger partial charge in [0.25, 0.3) is 5.91 Å². The number of rotatable bonds is 9. The first kappa shape index (κ1) is 27.0. The Bertz CT molecular complexity index is 1330. The molecule has 1 fully saturated rings. The van der Waals surface area contributed by atoms with Gasteiger partial charge in [-0.3, -0.25) is 15.1 Å². The second-order valence-corrected chi connectivity index (χ2v) is 9.88. The van der Waals surface area contributed by atoms with Crippen molar-refractivity contribution in [3.63, 3.8) is 0 Å². The summed E-state index contributed by atoms with van der Waals surface area (Å²) in [6.45, 7) is 5.86. The van der Waals surface area contributed by atoms with Gasteiger partial charge in [0.1, 0.15) is 17.2 Å². The first-order valence-corrected chi connectivity index (χ1v) is 13.0. The zero-order valence-corrected chi connectivity index (χ0v) is 22.6. The third-order valence-corrected chi connectivity index (χ3v) is 7.37. The molecule has 1 saturated heterocycles. The number of carbonyl (C=O) groups excluding carboxylic acids is 2. The molecule has 1 aliphatic rings. The van der Waals surface area contributed by atoms with Crippen LogP contribution in [0.3, 0.4) is 0 Å². The number of carbonyl (C=O) groups is 2. The Morgan fingerprint density at radius 1 is 1.18 bits per heavy atom. The SMILES string of the molecule is CCCOC(=O)N(C)[C@@](C)(C(=O)N1CCCC1)c1ccc2c(c1)nc(CNc1ccc(C(=N)N)cc1)n2C. The van der Waals surface area contributed by atoms with E-state index in [9.17, 15) is 9.59 Å². The largest absolute Gasteiger partial charge is 0.449 e. The van der Waals surface area contributed by atoms with Gasteiger partial charge in [-0.05, 0) is 68.1 Å². The predicted molar refractivity (Wildman–Crippen MR) is 148 cm³/mol. The van der Waals surface area contributed by atoms with E-state index in [0.29, 0.717) is 43.8 Å². The molecule has 0 radical (unpaired) electrons. The minimum absolute atomic E-state index is 0.0298. The van der Waals surface area contributed by atoms with E-state index in [1.807, 2.05) is 53.8 Å². The maximum Gasteiger partial charge on any atom is 0.410 e. The number of anilines is 1. The van der Waals surface area contributed by atoms with Crippen LogP contribution in [0.5, 0.6) is 0 Å². The Morgan fingerprint density at radius 2 is 1.87 bits per heavy atom. The van der Waals surface area contributed by atoms with Crippen LogP contribution in [0.25, 0.3) is 11.0 Å². The number of nitrogens with one attached hydrogen (secondary N) is 2. The van der Waals surface area contributed by atoms with Gasteiger partial charge >= 0.3 is 6.09 Å². The van der Waals surface area contributed by atoms with Crippen molar-refractivity contribution in [2.24, 2.45) is 12.8 Å². The molecule has 0 aliphatic carbocycles. The zero-order chi connectivity index (χ0) is 27.4. The average molecular weight is 520 g/mol. The Balaban J connectivity index is 1.64. The van der Waals surface area contributed by atoms with E-state index >= 15 is 0 Å². The maximum atomic E-state index is 13.8. The second-order valence-electron chi connectivity index (χ2n) is 9.88. The van der Waals surface area contributed by atoms with Crippen LogP contribution >= 0.6 is 0 Å². The van der Waals surface area contributed by atoms with E-state index in [1.54, 1.807) is 26.1 Å². The summed E-state index contributed by atoms with van der Waals surface area (Å²) < 4.78 is 7.42. The molecule has 2 amide bonds. The molecule has 2 aromatic carbocycles. The number of nitrogens with zero attached hydrogens (tertiary/aromatic N) is 4. The highest BCUT2D eigenvalue weighted by Gasteiger charge is 2.45. The van der Waals surface area contributed by atoms with Crippen LogP contribution < -0.4 is 11.1 Å². The molecule has 0 saturated carbocycles. The van der Waals surface area contributed by atoms with Crippen LogP contribution in [0, 0.1) is 5.41 Å². The van der Waals surface area contributed by atoms with Gasteiger partial charge in [0.15, 0.2) is 0 Å². The van der Waals surface area contributed by atoms with Gasteiger partial charge in [-0.25, -0.2) is 9.78 Å². The number of imidazole rings is 1. The minimum atomic E-state index is -1.24. The normalized spacial score (nSPS) is 14.8. The number of amides is 2. The number of fused-ring (bicyclic) bond motifs is 1. The summed E-state index contributed by atoms with van der Waals surface area (Å²) in [5.74, 6) is 0.732. The third kappa shape index (κ3) is 5.16. The van der Waals surface area contributed by atoms with Crippen LogP contribution in [-0.2, 0) is 28.7 Å². The Labute approximate surface area is 223 Å². The molecule has 4 N–H and O–H groups in total. The lowest BCUT2D eigenvalue weighted by Crippen LogP contribution is -2.55. The fraction of sp³-hybridized carbons (Fsp3) is 0.429. The molecule has 0 unspecified atom stereocenters. The molecule has 1 aliphatic heterocycles. The van der Waals surface area contributed by atoms with Gasteiger partial charge in [-0.1, -0.05) is 13.0 Å². The quantitative estimate of drug-likeness (QED) is 0.291. The van der Waals surface area contributed by atoms with Crippen LogP contribution in [0.15, 0.2) is 42.5 Å². The van der Waals surface area contributed by atoms with Crippen molar-refractivity contribution in [1.82, 2.24) is 19.4 Å². The van der Waals surface area contributed by atoms with Gasteiger partial charge in [-0.15, -0.1) is 0 Å².